The normalized spacial score (nSPS) is 20.8. The Labute approximate surface area is 899 Å². The van der Waals surface area contributed by atoms with Crippen LogP contribution in [0.3, 0.4) is 0 Å². The maximum absolute atomic E-state index is 5.56. The minimum Gasteiger partial charge on any atom is -0.379 e. The maximum Gasteiger partial charge on any atom is 0.0674 e. The summed E-state index contributed by atoms with van der Waals surface area (Å²) in [4.78, 5) is 27.4. The van der Waals surface area contributed by atoms with E-state index in [1.165, 1.54) is 136 Å². The first-order valence-corrected chi connectivity index (χ1v) is 59.4. The zero-order valence-electron chi connectivity index (χ0n) is 103. The Balaban J connectivity index is -0.00000153. The van der Waals surface area contributed by atoms with Crippen molar-refractivity contribution >= 4 is 0 Å². The monoisotopic (exact) mass is 2080 g/mol. The van der Waals surface area contributed by atoms with Crippen molar-refractivity contribution in [2.45, 2.75) is 435 Å². The molecule has 1 unspecified atom stereocenters. The molecule has 9 saturated heterocycles. The third-order valence-corrected chi connectivity index (χ3v) is 24.6. The van der Waals surface area contributed by atoms with Gasteiger partial charge in [0.25, 0.3) is 0 Å². The quantitative estimate of drug-likeness (QED) is 0.0522. The topological polar surface area (TPSA) is 193 Å². The second-order valence-corrected chi connectivity index (χ2v) is 44.7. The first kappa shape index (κ1) is 148. The molecule has 876 valence electrons. The van der Waals surface area contributed by atoms with Gasteiger partial charge in [-0.3, -0.25) is 34.3 Å². The molecule has 0 radical (unpaired) electrons. The first-order valence-electron chi connectivity index (χ1n) is 59.4. The van der Waals surface area contributed by atoms with Crippen molar-refractivity contribution in [1.29, 1.82) is 0 Å². The van der Waals surface area contributed by atoms with Gasteiger partial charge in [-0.15, -0.1) is 0 Å². The summed E-state index contributed by atoms with van der Waals surface area (Å²) >= 11 is 0. The van der Waals surface area contributed by atoms with Crippen molar-refractivity contribution in [2.75, 3.05) is 329 Å². The number of piperidine rings is 1. The second-order valence-electron chi connectivity index (χ2n) is 44.7. The number of piperazine rings is 2. The van der Waals surface area contributed by atoms with Gasteiger partial charge < -0.3 is 100 Å². The summed E-state index contributed by atoms with van der Waals surface area (Å²) in [5, 5.41) is 0. The lowest BCUT2D eigenvalue weighted by Gasteiger charge is -2.36. The van der Waals surface area contributed by atoms with Gasteiger partial charge in [0.05, 0.1) is 145 Å². The molecular formula is C117H251N11O17. The number of morpholine rings is 6. The standard InChI is InChI=1S/C13H28N2O.C11H24N2O.5C11H23NO2.C11H23NO.C10H21NO2.C7H16O.C6H14O.C4H10/c1-12(2)15-9-7-14(8-10-15)6-5-11-16-13(3)4;1-11(2)14-10-4-5-13-8-6-12(3)7-9-13;3*1-10(2)14-7-4-5-12-6-8-13-9-11(12)3;2*1-10(2)13-7-4-5-12-6-8-14-11(3)9-12;1-11(2)13-10-6-9-12-7-4-3-5-8-12;1-10(2)13-7-3-4-11-5-8-12-9-6-11;1-4-5-6-8-7(2)3;1-4-5-7-6(2)3;1-4(2)3/h12-13H,5-11H2,1-4H3;11H,4-10H2,1-3H3;5*10-11H,4-9H2,1-3H3;11H,3-10H2,1-2H3;10H,3-9H2,1-2H3;7H,4-6H2,1-3H3;6H,4-5H2,1-3H3;4H,1-3H3/t;;2*11-;;2*11-;;;;;/m..10.10...../s1. The van der Waals surface area contributed by atoms with Crippen LogP contribution >= 0.6 is 0 Å². The zero-order valence-corrected chi connectivity index (χ0v) is 103. The average Bonchev–Trinajstić information content (AvgIpc) is 0.900. The third kappa shape index (κ3) is 106. The van der Waals surface area contributed by atoms with E-state index in [-0.39, 0.29) is 0 Å². The largest absolute Gasteiger partial charge is 0.379 e. The number of hydrogen-bond acceptors (Lipinski definition) is 28. The number of hydrogen-bond donors (Lipinski definition) is 0. The van der Waals surface area contributed by atoms with Crippen molar-refractivity contribution in [3.05, 3.63) is 0 Å². The molecule has 9 aliphatic rings. The second kappa shape index (κ2) is 103. The average molecular weight is 2080 g/mol. The molecule has 0 N–H and O–H groups in total. The number of nitrogens with zero attached hydrogens (tertiary/aromatic N) is 11. The van der Waals surface area contributed by atoms with Crippen LogP contribution in [-0.2, 0) is 80.5 Å². The first-order chi connectivity index (χ1) is 69.1. The number of likely N-dealkylation sites (N-methyl/N-ethyl adjacent to an activating group) is 1. The van der Waals surface area contributed by atoms with Crippen molar-refractivity contribution in [3.63, 3.8) is 0 Å². The molecule has 0 aromatic heterocycles. The van der Waals surface area contributed by atoms with E-state index in [1.54, 1.807) is 0 Å². The number of unbranched alkanes of at least 4 members (excludes halogenated alkanes) is 1. The molecule has 9 heterocycles. The Bertz CT molecular complexity index is 2410. The zero-order chi connectivity index (χ0) is 109. The minimum atomic E-state index is 0.358. The van der Waals surface area contributed by atoms with Gasteiger partial charge in [-0.2, -0.15) is 0 Å². The van der Waals surface area contributed by atoms with Crippen LogP contribution in [0.25, 0.3) is 0 Å². The van der Waals surface area contributed by atoms with Gasteiger partial charge in [-0.05, 0) is 310 Å². The molecule has 0 aliphatic carbocycles. The molecule has 9 aliphatic heterocycles. The van der Waals surface area contributed by atoms with Gasteiger partial charge in [-0.25, -0.2) is 0 Å². The van der Waals surface area contributed by atoms with Crippen molar-refractivity contribution in [2.24, 2.45) is 5.92 Å². The number of rotatable bonds is 53. The fourth-order valence-electron chi connectivity index (χ4n) is 16.3. The van der Waals surface area contributed by atoms with E-state index in [9.17, 15) is 0 Å². The highest BCUT2D eigenvalue weighted by molar-refractivity contribution is 4.78. The van der Waals surface area contributed by atoms with Crippen LogP contribution in [0.4, 0.5) is 0 Å². The van der Waals surface area contributed by atoms with Gasteiger partial charge in [0, 0.05) is 267 Å². The molecule has 0 saturated carbocycles. The Morgan fingerprint density at radius 1 is 0.228 bits per heavy atom. The molecular weight excluding hydrogens is 1830 g/mol. The lowest BCUT2D eigenvalue weighted by atomic mass is 10.1. The van der Waals surface area contributed by atoms with Gasteiger partial charge in [0.15, 0.2) is 0 Å². The smallest absolute Gasteiger partial charge is 0.0674 e. The lowest BCUT2D eigenvalue weighted by Crippen LogP contribution is -2.49. The highest BCUT2D eigenvalue weighted by Gasteiger charge is 2.24. The van der Waals surface area contributed by atoms with Gasteiger partial charge in [0.2, 0.25) is 0 Å². The molecule has 0 bridgehead atoms. The van der Waals surface area contributed by atoms with Crippen LogP contribution in [0.5, 0.6) is 0 Å². The Hall–Kier alpha value is -1.12. The number of ether oxygens (including phenoxy) is 17. The SMILES string of the molecule is CC(C)C.CC(C)OCCCN1CCCCC1.CC(C)OCCCN1CCN(C(C)C)CC1.CC(C)OCCCN1CCN(C)CC1.CC(C)OCCCN1CCOCC1.CC(C)OCCCN1CCOCC1C.CC(C)OCCCN1CCOC[C@@H]1C.CC(C)OCCCN1CCOC[C@H]1C.CC(C)OCCCN1CCO[C@@H](C)C1.CC(C)OCCCN1CCO[C@H](C)C1.CCCCOC(C)C.CCCOC(C)C. The minimum absolute atomic E-state index is 0.358. The van der Waals surface area contributed by atoms with E-state index < -0.39 is 0 Å². The molecule has 28 heteroatoms. The molecule has 145 heavy (non-hydrogen) atoms. The Morgan fingerprint density at radius 2 is 0.455 bits per heavy atom. The van der Waals surface area contributed by atoms with Crippen molar-refractivity contribution in [3.8, 4) is 0 Å². The van der Waals surface area contributed by atoms with E-state index >= 15 is 0 Å². The van der Waals surface area contributed by atoms with Gasteiger partial charge >= 0.3 is 0 Å². The van der Waals surface area contributed by atoms with Crippen molar-refractivity contribution < 1.29 is 80.5 Å². The Kier molecular flexibility index (Phi) is 105. The fraction of sp³-hybridized carbons (Fsp3) is 1.00. The molecule has 0 aromatic carbocycles. The molecule has 0 amide bonds. The third-order valence-electron chi connectivity index (χ3n) is 24.6. The van der Waals surface area contributed by atoms with E-state index in [4.69, 9.17) is 80.5 Å². The highest BCUT2D eigenvalue weighted by Crippen LogP contribution is 2.15. The molecule has 0 aromatic rings. The Morgan fingerprint density at radius 3 is 0.697 bits per heavy atom. The summed E-state index contributed by atoms with van der Waals surface area (Å²) in [6.45, 7) is 123. The summed E-state index contributed by atoms with van der Waals surface area (Å²) in [5.74, 6) is 0.833. The van der Waals surface area contributed by atoms with Gasteiger partial charge in [-0.1, -0.05) is 47.5 Å². The predicted octanol–water partition coefficient (Wildman–Crippen LogP) is 19.6. The molecule has 28 nitrogen and oxygen atoms in total. The van der Waals surface area contributed by atoms with E-state index in [0.717, 1.165) is 288 Å². The van der Waals surface area contributed by atoms with E-state index in [0.29, 0.717) is 104 Å². The summed E-state index contributed by atoms with van der Waals surface area (Å²) in [6, 6.07) is 2.42. The summed E-state index contributed by atoms with van der Waals surface area (Å²) < 4.78 is 92.4. The molecule has 5 atom stereocenters. The van der Waals surface area contributed by atoms with E-state index in [2.05, 4.69) is 296 Å². The van der Waals surface area contributed by atoms with Crippen LogP contribution in [0.2, 0.25) is 0 Å². The van der Waals surface area contributed by atoms with Crippen LogP contribution in [0, 0.1) is 5.92 Å². The molecule has 0 spiro atoms. The van der Waals surface area contributed by atoms with E-state index in [1.807, 2.05) is 0 Å². The summed E-state index contributed by atoms with van der Waals surface area (Å²) in [7, 11) is 2.19. The number of likely N-dealkylation sites (tertiary alicyclic amines) is 1. The molecule has 9 rings (SSSR count). The fourth-order valence-corrected chi connectivity index (χ4v) is 16.3. The summed E-state index contributed by atoms with van der Waals surface area (Å²) in [6.07, 6.45) is 23.0. The van der Waals surface area contributed by atoms with Crippen molar-refractivity contribution in [1.82, 2.24) is 53.9 Å². The highest BCUT2D eigenvalue weighted by atomic mass is 16.5. The van der Waals surface area contributed by atoms with Crippen LogP contribution in [0.15, 0.2) is 0 Å². The lowest BCUT2D eigenvalue weighted by molar-refractivity contribution is -0.0222. The van der Waals surface area contributed by atoms with Crippen LogP contribution in [0.1, 0.15) is 332 Å². The molecule has 9 fully saturated rings. The predicted molar refractivity (Wildman–Crippen MR) is 613 cm³/mol. The van der Waals surface area contributed by atoms with Crippen LogP contribution in [-0.4, -0.2) is 486 Å². The summed E-state index contributed by atoms with van der Waals surface area (Å²) in [5.41, 5.74) is 0. The van der Waals surface area contributed by atoms with Crippen LogP contribution < -0.4 is 0 Å². The maximum atomic E-state index is 5.56. The van der Waals surface area contributed by atoms with Gasteiger partial charge in [0.1, 0.15) is 0 Å².